The zero-order chi connectivity index (χ0) is 13.1. The standard InChI is InChI=1S/C13H13F2N3/c1-8-6-18-13(7-17-8)12(16)5-9-4-10(14)2-3-11(9)15/h2-4,6-7,12H,5,16H2,1H3. The topological polar surface area (TPSA) is 51.8 Å². The van der Waals surface area contributed by atoms with Gasteiger partial charge in [-0.25, -0.2) is 8.78 Å². The van der Waals surface area contributed by atoms with Crippen molar-refractivity contribution in [2.24, 2.45) is 5.73 Å². The molecule has 2 rings (SSSR count). The Kier molecular flexibility index (Phi) is 3.62. The summed E-state index contributed by atoms with van der Waals surface area (Å²) in [7, 11) is 0. The maximum atomic E-state index is 13.5. The van der Waals surface area contributed by atoms with E-state index in [4.69, 9.17) is 5.73 Å². The van der Waals surface area contributed by atoms with Gasteiger partial charge in [0.05, 0.1) is 23.6 Å². The summed E-state index contributed by atoms with van der Waals surface area (Å²) in [6, 6.07) is 2.82. The van der Waals surface area contributed by atoms with Crippen LogP contribution in [0.3, 0.4) is 0 Å². The Morgan fingerprint density at radius 1 is 1.22 bits per heavy atom. The summed E-state index contributed by atoms with van der Waals surface area (Å²) in [5.41, 5.74) is 7.49. The Morgan fingerprint density at radius 2 is 2.00 bits per heavy atom. The van der Waals surface area contributed by atoms with E-state index in [0.29, 0.717) is 5.69 Å². The minimum atomic E-state index is -0.505. The summed E-state index contributed by atoms with van der Waals surface area (Å²) in [5, 5.41) is 0. The third-order valence-electron chi connectivity index (χ3n) is 2.63. The Balaban J connectivity index is 2.18. The largest absolute Gasteiger partial charge is 0.322 e. The Hall–Kier alpha value is -1.88. The first-order chi connectivity index (χ1) is 8.56. The van der Waals surface area contributed by atoms with Gasteiger partial charge in [0, 0.05) is 6.20 Å². The van der Waals surface area contributed by atoms with Crippen LogP contribution in [0, 0.1) is 18.6 Å². The van der Waals surface area contributed by atoms with Crippen molar-refractivity contribution in [2.75, 3.05) is 0 Å². The van der Waals surface area contributed by atoms with E-state index in [1.54, 1.807) is 12.4 Å². The minimum absolute atomic E-state index is 0.182. The van der Waals surface area contributed by atoms with E-state index in [-0.39, 0.29) is 12.0 Å². The van der Waals surface area contributed by atoms with Crippen LogP contribution >= 0.6 is 0 Å². The molecular weight excluding hydrogens is 236 g/mol. The van der Waals surface area contributed by atoms with Crippen molar-refractivity contribution in [1.82, 2.24) is 9.97 Å². The molecule has 0 radical (unpaired) electrons. The van der Waals surface area contributed by atoms with Crippen LogP contribution in [0.4, 0.5) is 8.78 Å². The molecule has 0 fully saturated rings. The monoisotopic (exact) mass is 249 g/mol. The molecule has 0 bridgehead atoms. The van der Waals surface area contributed by atoms with E-state index in [9.17, 15) is 8.78 Å². The van der Waals surface area contributed by atoms with Crippen molar-refractivity contribution in [1.29, 1.82) is 0 Å². The zero-order valence-corrected chi connectivity index (χ0v) is 9.90. The first-order valence-electron chi connectivity index (χ1n) is 5.54. The normalized spacial score (nSPS) is 12.4. The van der Waals surface area contributed by atoms with E-state index in [2.05, 4.69) is 9.97 Å². The molecule has 1 unspecified atom stereocenters. The van der Waals surface area contributed by atoms with E-state index in [0.717, 1.165) is 23.9 Å². The summed E-state index contributed by atoms with van der Waals surface area (Å²) in [5.74, 6) is -0.944. The number of rotatable bonds is 3. The van der Waals surface area contributed by atoms with Crippen LogP contribution in [0.15, 0.2) is 30.6 Å². The molecule has 94 valence electrons. The molecule has 0 saturated heterocycles. The van der Waals surface area contributed by atoms with Gasteiger partial charge in [-0.1, -0.05) is 0 Å². The molecule has 1 heterocycles. The molecule has 1 aromatic heterocycles. The molecule has 18 heavy (non-hydrogen) atoms. The lowest BCUT2D eigenvalue weighted by Gasteiger charge is -2.11. The molecule has 0 aliphatic carbocycles. The van der Waals surface area contributed by atoms with Crippen LogP contribution in [-0.4, -0.2) is 9.97 Å². The summed E-state index contributed by atoms with van der Waals surface area (Å²) >= 11 is 0. The highest BCUT2D eigenvalue weighted by Crippen LogP contribution is 2.17. The lowest BCUT2D eigenvalue weighted by atomic mass is 10.0. The highest BCUT2D eigenvalue weighted by Gasteiger charge is 2.12. The SMILES string of the molecule is Cc1cnc(C(N)Cc2cc(F)ccc2F)cn1. The Morgan fingerprint density at radius 3 is 2.67 bits per heavy atom. The van der Waals surface area contributed by atoms with Gasteiger partial charge in [0.2, 0.25) is 0 Å². The zero-order valence-electron chi connectivity index (χ0n) is 9.90. The number of aromatic nitrogens is 2. The maximum Gasteiger partial charge on any atom is 0.126 e. The molecular formula is C13H13F2N3. The average molecular weight is 249 g/mol. The molecule has 2 aromatic rings. The second-order valence-corrected chi connectivity index (χ2v) is 4.13. The van der Waals surface area contributed by atoms with Crippen molar-refractivity contribution in [3.8, 4) is 0 Å². The predicted molar refractivity (Wildman–Crippen MR) is 63.8 cm³/mol. The van der Waals surface area contributed by atoms with Gasteiger partial charge in [-0.05, 0) is 37.1 Å². The molecule has 1 aromatic carbocycles. The average Bonchev–Trinajstić information content (AvgIpc) is 2.34. The van der Waals surface area contributed by atoms with E-state index < -0.39 is 17.7 Å². The molecule has 0 saturated carbocycles. The molecule has 0 aliphatic heterocycles. The highest BCUT2D eigenvalue weighted by atomic mass is 19.1. The van der Waals surface area contributed by atoms with E-state index in [1.807, 2.05) is 6.92 Å². The molecule has 1 atom stereocenters. The fourth-order valence-electron chi connectivity index (χ4n) is 1.64. The van der Waals surface area contributed by atoms with Crippen LogP contribution < -0.4 is 5.73 Å². The first-order valence-corrected chi connectivity index (χ1v) is 5.54. The van der Waals surface area contributed by atoms with Crippen molar-refractivity contribution in [3.05, 3.63) is 59.2 Å². The molecule has 0 aliphatic rings. The van der Waals surface area contributed by atoms with E-state index >= 15 is 0 Å². The van der Waals surface area contributed by atoms with Gasteiger partial charge in [0.15, 0.2) is 0 Å². The van der Waals surface area contributed by atoms with Crippen LogP contribution in [-0.2, 0) is 6.42 Å². The van der Waals surface area contributed by atoms with Gasteiger partial charge in [-0.2, -0.15) is 0 Å². The van der Waals surface area contributed by atoms with Crippen LogP contribution in [0.2, 0.25) is 0 Å². The lowest BCUT2D eigenvalue weighted by molar-refractivity contribution is 0.569. The van der Waals surface area contributed by atoms with Crippen LogP contribution in [0.1, 0.15) is 23.0 Å². The lowest BCUT2D eigenvalue weighted by Crippen LogP contribution is -2.16. The molecule has 2 N–H and O–H groups in total. The summed E-state index contributed by atoms with van der Waals surface area (Å²) in [6.45, 7) is 1.81. The smallest absolute Gasteiger partial charge is 0.126 e. The van der Waals surface area contributed by atoms with Gasteiger partial charge < -0.3 is 5.73 Å². The van der Waals surface area contributed by atoms with Gasteiger partial charge in [0.25, 0.3) is 0 Å². The number of nitrogens with zero attached hydrogens (tertiary/aromatic N) is 2. The van der Waals surface area contributed by atoms with Gasteiger partial charge >= 0.3 is 0 Å². The predicted octanol–water partition coefficient (Wildman–Crippen LogP) is 2.31. The van der Waals surface area contributed by atoms with Gasteiger partial charge in [0.1, 0.15) is 11.6 Å². The maximum absolute atomic E-state index is 13.5. The molecule has 0 spiro atoms. The van der Waals surface area contributed by atoms with Crippen molar-refractivity contribution in [2.45, 2.75) is 19.4 Å². The number of halogens is 2. The van der Waals surface area contributed by atoms with E-state index in [1.165, 1.54) is 0 Å². The molecule has 0 amide bonds. The number of hydrogen-bond acceptors (Lipinski definition) is 3. The fraction of sp³-hybridized carbons (Fsp3) is 0.231. The minimum Gasteiger partial charge on any atom is -0.322 e. The van der Waals surface area contributed by atoms with Crippen molar-refractivity contribution in [3.63, 3.8) is 0 Å². The van der Waals surface area contributed by atoms with Gasteiger partial charge in [-0.15, -0.1) is 0 Å². The quantitative estimate of drug-likeness (QED) is 0.908. The van der Waals surface area contributed by atoms with Crippen LogP contribution in [0.5, 0.6) is 0 Å². The van der Waals surface area contributed by atoms with Crippen LogP contribution in [0.25, 0.3) is 0 Å². The Labute approximate surface area is 104 Å². The third-order valence-corrected chi connectivity index (χ3v) is 2.63. The van der Waals surface area contributed by atoms with Gasteiger partial charge in [-0.3, -0.25) is 9.97 Å². The summed E-state index contributed by atoms with van der Waals surface area (Å²) < 4.78 is 26.5. The molecule has 5 heteroatoms. The molecule has 3 nitrogen and oxygen atoms in total. The second-order valence-electron chi connectivity index (χ2n) is 4.13. The van der Waals surface area contributed by atoms with Crippen molar-refractivity contribution >= 4 is 0 Å². The second kappa shape index (κ2) is 5.18. The Bertz CT molecular complexity index is 540. The van der Waals surface area contributed by atoms with Crippen molar-refractivity contribution < 1.29 is 8.78 Å². The number of hydrogen-bond donors (Lipinski definition) is 1. The summed E-state index contributed by atoms with van der Waals surface area (Å²) in [4.78, 5) is 8.19. The summed E-state index contributed by atoms with van der Waals surface area (Å²) in [6.07, 6.45) is 3.33. The number of aryl methyl sites for hydroxylation is 1. The fourth-order valence-corrected chi connectivity index (χ4v) is 1.64. The highest BCUT2D eigenvalue weighted by molar-refractivity contribution is 5.21. The first kappa shape index (κ1) is 12.6. The number of nitrogens with two attached hydrogens (primary N) is 1. The third kappa shape index (κ3) is 2.87. The number of benzene rings is 1.